The molecule has 6 nitrogen and oxygen atoms in total. The van der Waals surface area contributed by atoms with Crippen LogP contribution < -0.4 is 9.64 Å². The third-order valence-corrected chi connectivity index (χ3v) is 3.92. The summed E-state index contributed by atoms with van der Waals surface area (Å²) >= 11 is 11.7. The molecule has 138 valence electrons. The zero-order valence-electron chi connectivity index (χ0n) is 14.2. The zero-order valence-corrected chi connectivity index (χ0v) is 15.7. The number of nitrogens with zero attached hydrogens (tertiary/aromatic N) is 3. The van der Waals surface area contributed by atoms with Crippen molar-refractivity contribution in [1.29, 1.82) is 0 Å². The minimum absolute atomic E-state index is 0.159. The number of carbonyl (C=O) groups is 1. The maximum Gasteiger partial charge on any atom is 0.335 e. The van der Waals surface area contributed by atoms with Crippen molar-refractivity contribution in [3.05, 3.63) is 48.0 Å². The number of halogens is 2. The van der Waals surface area contributed by atoms with E-state index in [4.69, 9.17) is 33.0 Å². The molecular formula is C18H19Cl2N3O3. The van der Waals surface area contributed by atoms with Crippen molar-refractivity contribution in [2.45, 2.75) is 0 Å². The Morgan fingerprint density at radius 3 is 2.31 bits per heavy atom. The molecule has 2 aromatic carbocycles. The number of aromatic carboxylic acids is 1. The lowest BCUT2D eigenvalue weighted by molar-refractivity contribution is 0.0697. The molecule has 2 rings (SSSR count). The van der Waals surface area contributed by atoms with Crippen LogP contribution in [0.15, 0.2) is 52.7 Å². The van der Waals surface area contributed by atoms with Gasteiger partial charge in [0.05, 0.1) is 29.7 Å². The molecular weight excluding hydrogens is 377 g/mol. The molecule has 0 aliphatic rings. The van der Waals surface area contributed by atoms with Crippen molar-refractivity contribution >= 4 is 46.2 Å². The summed E-state index contributed by atoms with van der Waals surface area (Å²) < 4.78 is 5.46. The van der Waals surface area contributed by atoms with Gasteiger partial charge >= 0.3 is 5.97 Å². The maximum atomic E-state index is 11.0. The lowest BCUT2D eigenvalue weighted by Crippen LogP contribution is -2.27. The van der Waals surface area contributed by atoms with Gasteiger partial charge in [-0.3, -0.25) is 0 Å². The van der Waals surface area contributed by atoms with Gasteiger partial charge in [-0.05, 0) is 30.3 Å². The SMILES string of the molecule is COc1cc(N=Nc2cccc(C(=O)O)c2)ccc1N(CCCl)CCCl. The van der Waals surface area contributed by atoms with Crippen LogP contribution in [0.25, 0.3) is 0 Å². The van der Waals surface area contributed by atoms with Crippen LogP contribution in [-0.4, -0.2) is 43.0 Å². The molecule has 2 aromatic rings. The highest BCUT2D eigenvalue weighted by atomic mass is 35.5. The third-order valence-electron chi connectivity index (χ3n) is 3.59. The maximum absolute atomic E-state index is 11.0. The Morgan fingerprint density at radius 2 is 1.73 bits per heavy atom. The highest BCUT2D eigenvalue weighted by Crippen LogP contribution is 2.33. The Hall–Kier alpha value is -2.31. The molecule has 0 radical (unpaired) electrons. The van der Waals surface area contributed by atoms with Gasteiger partial charge in [-0.15, -0.1) is 23.2 Å². The van der Waals surface area contributed by atoms with Crippen molar-refractivity contribution in [2.75, 3.05) is 36.9 Å². The Kier molecular flexibility index (Phi) is 7.69. The van der Waals surface area contributed by atoms with E-state index in [1.54, 1.807) is 31.4 Å². The van der Waals surface area contributed by atoms with Crippen molar-refractivity contribution < 1.29 is 14.6 Å². The second kappa shape index (κ2) is 9.99. The molecule has 0 fully saturated rings. The average molecular weight is 396 g/mol. The van der Waals surface area contributed by atoms with Crippen LogP contribution in [0.4, 0.5) is 17.1 Å². The van der Waals surface area contributed by atoms with Crippen LogP contribution >= 0.6 is 23.2 Å². The summed E-state index contributed by atoms with van der Waals surface area (Å²) in [6, 6.07) is 11.7. The first-order valence-corrected chi connectivity index (χ1v) is 8.96. The van der Waals surface area contributed by atoms with Crippen LogP contribution in [0, 0.1) is 0 Å². The Labute approximate surface area is 162 Å². The molecule has 8 heteroatoms. The second-order valence-corrected chi connectivity index (χ2v) is 6.03. The van der Waals surface area contributed by atoms with E-state index in [-0.39, 0.29) is 5.56 Å². The minimum Gasteiger partial charge on any atom is -0.495 e. The number of azo groups is 1. The van der Waals surface area contributed by atoms with E-state index in [0.29, 0.717) is 42.0 Å². The topological polar surface area (TPSA) is 74.5 Å². The zero-order chi connectivity index (χ0) is 18.9. The summed E-state index contributed by atoms with van der Waals surface area (Å²) in [5, 5.41) is 17.3. The van der Waals surface area contributed by atoms with E-state index in [0.717, 1.165) is 5.69 Å². The number of methoxy groups -OCH3 is 1. The molecule has 1 N–H and O–H groups in total. The number of carboxylic acids is 1. The summed E-state index contributed by atoms with van der Waals surface area (Å²) in [5.41, 5.74) is 2.08. The van der Waals surface area contributed by atoms with Gasteiger partial charge in [0.2, 0.25) is 0 Å². The van der Waals surface area contributed by atoms with Gasteiger partial charge < -0.3 is 14.7 Å². The molecule has 0 amide bonds. The molecule has 0 aromatic heterocycles. The normalized spacial score (nSPS) is 10.9. The number of anilines is 1. The molecule has 0 aliphatic heterocycles. The van der Waals surface area contributed by atoms with Gasteiger partial charge in [0.1, 0.15) is 5.75 Å². The van der Waals surface area contributed by atoms with Crippen molar-refractivity contribution in [1.82, 2.24) is 0 Å². The van der Waals surface area contributed by atoms with Crippen LogP contribution in [-0.2, 0) is 0 Å². The van der Waals surface area contributed by atoms with Crippen molar-refractivity contribution in [2.24, 2.45) is 10.2 Å². The van der Waals surface area contributed by atoms with E-state index in [1.165, 1.54) is 12.1 Å². The molecule has 0 saturated heterocycles. The largest absolute Gasteiger partial charge is 0.495 e. The molecule has 0 atom stereocenters. The molecule has 0 bridgehead atoms. The number of carboxylic acid groups (broad SMARTS) is 1. The van der Waals surface area contributed by atoms with Crippen LogP contribution in [0.5, 0.6) is 5.75 Å². The molecule has 26 heavy (non-hydrogen) atoms. The van der Waals surface area contributed by atoms with Crippen LogP contribution in [0.1, 0.15) is 10.4 Å². The van der Waals surface area contributed by atoms with Crippen molar-refractivity contribution in [3.63, 3.8) is 0 Å². The number of ether oxygens (including phenoxy) is 1. The Balaban J connectivity index is 2.25. The first-order chi connectivity index (χ1) is 12.6. The fourth-order valence-corrected chi connectivity index (χ4v) is 2.77. The number of hydrogen-bond acceptors (Lipinski definition) is 5. The van der Waals surface area contributed by atoms with Gasteiger partial charge in [-0.25, -0.2) is 4.79 Å². The highest BCUT2D eigenvalue weighted by Gasteiger charge is 2.12. The Morgan fingerprint density at radius 1 is 1.08 bits per heavy atom. The summed E-state index contributed by atoms with van der Waals surface area (Å²) in [6.45, 7) is 1.29. The summed E-state index contributed by atoms with van der Waals surface area (Å²) in [6.07, 6.45) is 0. The van der Waals surface area contributed by atoms with E-state index < -0.39 is 5.97 Å². The summed E-state index contributed by atoms with van der Waals surface area (Å²) in [7, 11) is 1.58. The van der Waals surface area contributed by atoms with Crippen molar-refractivity contribution in [3.8, 4) is 5.75 Å². The monoisotopic (exact) mass is 395 g/mol. The van der Waals surface area contributed by atoms with Gasteiger partial charge in [0, 0.05) is 30.9 Å². The third kappa shape index (κ3) is 5.34. The van der Waals surface area contributed by atoms with Crippen LogP contribution in [0.2, 0.25) is 0 Å². The van der Waals surface area contributed by atoms with Gasteiger partial charge in [-0.2, -0.15) is 10.2 Å². The molecule has 0 unspecified atom stereocenters. The first-order valence-electron chi connectivity index (χ1n) is 7.89. The summed E-state index contributed by atoms with van der Waals surface area (Å²) in [4.78, 5) is 13.0. The Bertz CT molecular complexity index is 778. The fourth-order valence-electron chi connectivity index (χ4n) is 2.36. The van der Waals surface area contributed by atoms with E-state index in [1.807, 2.05) is 11.0 Å². The minimum atomic E-state index is -1.01. The predicted molar refractivity (Wildman–Crippen MR) is 104 cm³/mol. The van der Waals surface area contributed by atoms with E-state index >= 15 is 0 Å². The number of rotatable bonds is 9. The molecule has 0 aliphatic carbocycles. The average Bonchev–Trinajstić information content (AvgIpc) is 2.66. The lowest BCUT2D eigenvalue weighted by atomic mass is 10.2. The number of alkyl halides is 2. The number of hydrogen-bond donors (Lipinski definition) is 1. The molecule has 0 heterocycles. The van der Waals surface area contributed by atoms with E-state index in [2.05, 4.69) is 10.2 Å². The number of benzene rings is 2. The van der Waals surface area contributed by atoms with Gasteiger partial charge in [0.25, 0.3) is 0 Å². The smallest absolute Gasteiger partial charge is 0.335 e. The van der Waals surface area contributed by atoms with Crippen LogP contribution in [0.3, 0.4) is 0 Å². The second-order valence-electron chi connectivity index (χ2n) is 5.28. The first kappa shape index (κ1) is 20.0. The molecule has 0 spiro atoms. The predicted octanol–water partition coefficient (Wildman–Crippen LogP) is 5.09. The van der Waals surface area contributed by atoms with E-state index in [9.17, 15) is 4.79 Å². The standard InChI is InChI=1S/C18H19Cl2N3O3/c1-26-17-12-15(5-6-16(17)23(9-7-19)10-8-20)22-21-14-4-2-3-13(11-14)18(24)25/h2-6,11-12H,7-10H2,1H3,(H,24,25). The van der Waals surface area contributed by atoms with Gasteiger partial charge in [-0.1, -0.05) is 6.07 Å². The van der Waals surface area contributed by atoms with Gasteiger partial charge in [0.15, 0.2) is 0 Å². The quantitative estimate of drug-likeness (QED) is 0.473. The molecule has 0 saturated carbocycles. The summed E-state index contributed by atoms with van der Waals surface area (Å²) in [5.74, 6) is 0.575. The fraction of sp³-hybridized carbons (Fsp3) is 0.278. The highest BCUT2D eigenvalue weighted by molar-refractivity contribution is 6.18. The lowest BCUT2D eigenvalue weighted by Gasteiger charge is -2.24.